The molecule has 4 heterocycles. The Labute approximate surface area is 200 Å². The van der Waals surface area contributed by atoms with Crippen molar-refractivity contribution in [1.82, 2.24) is 14.9 Å². The van der Waals surface area contributed by atoms with Gasteiger partial charge in [0.25, 0.3) is 0 Å². The minimum absolute atomic E-state index is 0.0888. The van der Waals surface area contributed by atoms with E-state index in [0.29, 0.717) is 24.5 Å². The minimum Gasteiger partial charge on any atom is -0.365 e. The number of fused-ring (bicyclic) bond motifs is 3. The third-order valence-corrected chi connectivity index (χ3v) is 7.46. The van der Waals surface area contributed by atoms with Gasteiger partial charge in [0.05, 0.1) is 5.69 Å². The minimum atomic E-state index is 0.0888. The summed E-state index contributed by atoms with van der Waals surface area (Å²) in [6.45, 7) is 4.45. The van der Waals surface area contributed by atoms with Crippen molar-refractivity contribution < 1.29 is 4.79 Å². The van der Waals surface area contributed by atoms with Crippen LogP contribution < -0.4 is 15.5 Å². The SMILES string of the molecule is Cc1cc(Nc2nccc(-c3ccc4c(c3)CCCC(=O)N4)n2)ccc1N1C[C@@H]2C[C@H]1CN2C. The number of likely N-dealkylation sites (N-methyl/N-ethyl adjacent to an activating group) is 1. The van der Waals surface area contributed by atoms with Gasteiger partial charge in [0.1, 0.15) is 0 Å². The summed E-state index contributed by atoms with van der Waals surface area (Å²) in [7, 11) is 2.24. The van der Waals surface area contributed by atoms with Gasteiger partial charge in [0.15, 0.2) is 0 Å². The fraction of sp³-hybridized carbons (Fsp3) is 0.370. The van der Waals surface area contributed by atoms with E-state index < -0.39 is 0 Å². The third kappa shape index (κ3) is 3.90. The molecule has 0 unspecified atom stereocenters. The molecule has 0 spiro atoms. The van der Waals surface area contributed by atoms with Crippen molar-refractivity contribution in [2.24, 2.45) is 0 Å². The number of anilines is 4. The second-order valence-corrected chi connectivity index (χ2v) is 9.80. The van der Waals surface area contributed by atoms with Gasteiger partial charge in [-0.2, -0.15) is 0 Å². The van der Waals surface area contributed by atoms with E-state index in [2.05, 4.69) is 63.7 Å². The molecule has 0 saturated carbocycles. The van der Waals surface area contributed by atoms with Crippen LogP contribution >= 0.6 is 0 Å². The van der Waals surface area contributed by atoms with Crippen LogP contribution in [0.25, 0.3) is 11.3 Å². The summed E-state index contributed by atoms with van der Waals surface area (Å²) in [6.07, 6.45) is 5.38. The molecule has 2 bridgehead atoms. The third-order valence-electron chi connectivity index (χ3n) is 7.46. The molecule has 1 aromatic heterocycles. The van der Waals surface area contributed by atoms with Crippen LogP contribution in [0.4, 0.5) is 23.0 Å². The predicted molar refractivity (Wildman–Crippen MR) is 136 cm³/mol. The van der Waals surface area contributed by atoms with E-state index in [1.54, 1.807) is 6.20 Å². The summed E-state index contributed by atoms with van der Waals surface area (Å²) in [5, 5.41) is 6.38. The zero-order valence-corrected chi connectivity index (χ0v) is 19.7. The van der Waals surface area contributed by atoms with Crippen LogP contribution in [-0.2, 0) is 11.2 Å². The average Bonchev–Trinajstić information content (AvgIpc) is 3.33. The fourth-order valence-corrected chi connectivity index (χ4v) is 5.66. The van der Waals surface area contributed by atoms with E-state index >= 15 is 0 Å². The highest BCUT2D eigenvalue weighted by Crippen LogP contribution is 2.36. The van der Waals surface area contributed by atoms with Gasteiger partial charge < -0.3 is 15.5 Å². The van der Waals surface area contributed by atoms with E-state index in [9.17, 15) is 4.79 Å². The van der Waals surface area contributed by atoms with E-state index in [0.717, 1.165) is 54.1 Å². The number of nitrogens with one attached hydrogen (secondary N) is 2. The first kappa shape index (κ1) is 21.1. The second-order valence-electron chi connectivity index (χ2n) is 9.80. The molecule has 174 valence electrons. The van der Waals surface area contributed by atoms with E-state index in [4.69, 9.17) is 4.98 Å². The highest BCUT2D eigenvalue weighted by molar-refractivity contribution is 5.92. The highest BCUT2D eigenvalue weighted by Gasteiger charge is 2.41. The molecule has 1 amide bonds. The molecule has 2 saturated heterocycles. The number of nitrogens with zero attached hydrogens (tertiary/aromatic N) is 4. The largest absolute Gasteiger partial charge is 0.365 e. The lowest BCUT2D eigenvalue weighted by Gasteiger charge is -2.34. The molecule has 3 aromatic rings. The van der Waals surface area contributed by atoms with Crippen LogP contribution in [0, 0.1) is 6.92 Å². The number of hydrogen-bond acceptors (Lipinski definition) is 6. The Hall–Kier alpha value is -3.45. The van der Waals surface area contributed by atoms with Gasteiger partial charge in [-0.05, 0) is 80.8 Å². The maximum absolute atomic E-state index is 11.8. The smallest absolute Gasteiger partial charge is 0.227 e. The number of benzene rings is 2. The molecule has 2 aromatic carbocycles. The van der Waals surface area contributed by atoms with Crippen LogP contribution in [0.5, 0.6) is 0 Å². The van der Waals surface area contributed by atoms with Crippen molar-refractivity contribution in [2.45, 2.75) is 44.7 Å². The zero-order chi connectivity index (χ0) is 23.2. The summed E-state index contributed by atoms with van der Waals surface area (Å²) < 4.78 is 0. The Balaban J connectivity index is 1.20. The first-order valence-corrected chi connectivity index (χ1v) is 12.1. The van der Waals surface area contributed by atoms with Gasteiger partial charge >= 0.3 is 0 Å². The Kier molecular flexibility index (Phi) is 5.21. The number of likely N-dealkylation sites (tertiary alicyclic amines) is 1. The number of carbonyl (C=O) groups is 1. The van der Waals surface area contributed by atoms with Crippen molar-refractivity contribution in [1.29, 1.82) is 0 Å². The van der Waals surface area contributed by atoms with Crippen LogP contribution in [0.15, 0.2) is 48.7 Å². The summed E-state index contributed by atoms with van der Waals surface area (Å²) in [6, 6.07) is 15.9. The van der Waals surface area contributed by atoms with Crippen molar-refractivity contribution in [3.05, 3.63) is 59.8 Å². The molecule has 3 aliphatic heterocycles. The number of rotatable bonds is 4. The number of amides is 1. The maximum Gasteiger partial charge on any atom is 0.227 e. The highest BCUT2D eigenvalue weighted by atomic mass is 16.1. The molecular weight excluding hydrogens is 424 g/mol. The number of carbonyl (C=O) groups excluding carboxylic acids is 1. The van der Waals surface area contributed by atoms with Gasteiger partial charge in [-0.3, -0.25) is 9.69 Å². The fourth-order valence-electron chi connectivity index (χ4n) is 5.66. The molecule has 0 radical (unpaired) electrons. The lowest BCUT2D eigenvalue weighted by molar-refractivity contribution is -0.116. The van der Waals surface area contributed by atoms with Crippen LogP contribution in [0.2, 0.25) is 0 Å². The van der Waals surface area contributed by atoms with Gasteiger partial charge in [-0.1, -0.05) is 6.07 Å². The van der Waals surface area contributed by atoms with Crippen molar-refractivity contribution >= 4 is 28.9 Å². The van der Waals surface area contributed by atoms with Crippen molar-refractivity contribution in [3.63, 3.8) is 0 Å². The summed E-state index contributed by atoms with van der Waals surface area (Å²) in [4.78, 5) is 26.1. The lowest BCUT2D eigenvalue weighted by atomic mass is 10.0. The Morgan fingerprint density at radius 1 is 1.06 bits per heavy atom. The topological polar surface area (TPSA) is 73.4 Å². The Morgan fingerprint density at radius 2 is 1.97 bits per heavy atom. The number of piperazine rings is 1. The normalized spacial score (nSPS) is 21.8. The molecule has 3 aliphatic rings. The molecular formula is C27H30N6O. The molecule has 6 rings (SSSR count). The van der Waals surface area contributed by atoms with Gasteiger partial charge in [0, 0.05) is 60.4 Å². The van der Waals surface area contributed by atoms with E-state index in [-0.39, 0.29) is 5.91 Å². The zero-order valence-electron chi connectivity index (χ0n) is 19.7. The molecule has 2 N–H and O–H groups in total. The quantitative estimate of drug-likeness (QED) is 0.610. The lowest BCUT2D eigenvalue weighted by Crippen LogP contribution is -2.44. The summed E-state index contributed by atoms with van der Waals surface area (Å²) in [5.74, 6) is 0.667. The van der Waals surface area contributed by atoms with Gasteiger partial charge in [-0.25, -0.2) is 9.97 Å². The maximum atomic E-state index is 11.8. The predicted octanol–water partition coefficient (Wildman–Crippen LogP) is 4.36. The number of aryl methyl sites for hydroxylation is 2. The summed E-state index contributed by atoms with van der Waals surface area (Å²) >= 11 is 0. The van der Waals surface area contributed by atoms with Crippen molar-refractivity contribution in [2.75, 3.05) is 35.7 Å². The van der Waals surface area contributed by atoms with Gasteiger partial charge in [-0.15, -0.1) is 0 Å². The molecule has 34 heavy (non-hydrogen) atoms. The Bertz CT molecular complexity index is 1260. The van der Waals surface area contributed by atoms with Gasteiger partial charge in [0.2, 0.25) is 11.9 Å². The molecule has 2 atom stereocenters. The second kappa shape index (κ2) is 8.40. The molecule has 7 heteroatoms. The molecule has 7 nitrogen and oxygen atoms in total. The van der Waals surface area contributed by atoms with E-state index in [1.807, 2.05) is 18.2 Å². The Morgan fingerprint density at radius 3 is 2.76 bits per heavy atom. The van der Waals surface area contributed by atoms with Crippen LogP contribution in [-0.4, -0.2) is 53.0 Å². The van der Waals surface area contributed by atoms with E-state index in [1.165, 1.54) is 17.7 Å². The average molecular weight is 455 g/mol. The molecule has 2 fully saturated rings. The first-order chi connectivity index (χ1) is 16.5. The first-order valence-electron chi connectivity index (χ1n) is 12.1. The monoisotopic (exact) mass is 454 g/mol. The van der Waals surface area contributed by atoms with Crippen molar-refractivity contribution in [3.8, 4) is 11.3 Å². The number of aromatic nitrogens is 2. The van der Waals surface area contributed by atoms with Crippen LogP contribution in [0.1, 0.15) is 30.4 Å². The molecule has 0 aliphatic carbocycles. The standard InChI is InChI=1S/C27H30N6O/c1-17-12-20(7-9-25(17)33-16-21-14-22(33)15-32(21)2)29-27-28-11-10-24(31-27)19-6-8-23-18(13-19)4-3-5-26(34)30-23/h6-13,21-22H,3-5,14-16H2,1-2H3,(H,30,34)(H,28,29,31)/t21-,22-/m0/s1. The van der Waals surface area contributed by atoms with Crippen LogP contribution in [0.3, 0.4) is 0 Å². The summed E-state index contributed by atoms with van der Waals surface area (Å²) in [5.41, 5.74) is 7.55. The number of hydrogen-bond donors (Lipinski definition) is 2.